The largest absolute Gasteiger partial charge is 0.418 e. The van der Waals surface area contributed by atoms with Crippen LogP contribution >= 0.6 is 11.6 Å². The van der Waals surface area contributed by atoms with E-state index in [4.69, 9.17) is 11.6 Å². The third kappa shape index (κ3) is 2.09. The van der Waals surface area contributed by atoms with Crippen LogP contribution in [0.25, 0.3) is 0 Å². The van der Waals surface area contributed by atoms with Crippen molar-refractivity contribution in [3.8, 4) is 0 Å². The van der Waals surface area contributed by atoms with E-state index in [-0.39, 0.29) is 12.4 Å². The van der Waals surface area contributed by atoms with E-state index in [0.29, 0.717) is 0 Å². The van der Waals surface area contributed by atoms with Crippen LogP contribution < -0.4 is 0 Å². The Morgan fingerprint density at radius 3 is 2.13 bits per heavy atom. The highest BCUT2D eigenvalue weighted by Gasteiger charge is 2.38. The third-order valence-electron chi connectivity index (χ3n) is 1.61. The van der Waals surface area contributed by atoms with E-state index >= 15 is 0 Å². The van der Waals surface area contributed by atoms with Crippen molar-refractivity contribution >= 4 is 17.9 Å². The minimum absolute atomic E-state index is 0.126. The molecule has 0 amide bonds. The van der Waals surface area contributed by atoms with Crippen molar-refractivity contribution in [1.29, 1.82) is 0 Å². The summed E-state index contributed by atoms with van der Waals surface area (Å²) >= 11 is 5.01. The molecular formula is C8H2ClF5O. The summed E-state index contributed by atoms with van der Waals surface area (Å²) in [6.07, 6.45) is -5.44. The number of alkyl halides is 3. The first-order valence-electron chi connectivity index (χ1n) is 3.49. The van der Waals surface area contributed by atoms with E-state index in [9.17, 15) is 26.7 Å². The molecule has 0 bridgehead atoms. The van der Waals surface area contributed by atoms with Crippen molar-refractivity contribution in [3.05, 3.63) is 33.9 Å². The molecular weight excluding hydrogens is 243 g/mol. The maximum atomic E-state index is 12.8. The fourth-order valence-electron chi connectivity index (χ4n) is 1.00. The van der Waals surface area contributed by atoms with E-state index in [1.54, 1.807) is 0 Å². The molecule has 0 heterocycles. The molecule has 0 radical (unpaired) electrons. The lowest BCUT2D eigenvalue weighted by Gasteiger charge is -2.12. The molecule has 0 aromatic heterocycles. The molecule has 0 aliphatic heterocycles. The lowest BCUT2D eigenvalue weighted by Crippen LogP contribution is -2.12. The molecule has 1 aromatic carbocycles. The number of carbonyl (C=O) groups is 1. The van der Waals surface area contributed by atoms with Crippen LogP contribution in [0.15, 0.2) is 6.07 Å². The van der Waals surface area contributed by atoms with Gasteiger partial charge in [-0.2, -0.15) is 13.2 Å². The molecule has 0 aliphatic carbocycles. The topological polar surface area (TPSA) is 17.1 Å². The van der Waals surface area contributed by atoms with Gasteiger partial charge in [0.1, 0.15) is 11.6 Å². The van der Waals surface area contributed by atoms with Crippen molar-refractivity contribution < 1.29 is 26.7 Å². The molecule has 15 heavy (non-hydrogen) atoms. The van der Waals surface area contributed by atoms with Crippen LogP contribution in [0.5, 0.6) is 0 Å². The summed E-state index contributed by atoms with van der Waals surface area (Å²) in [5, 5.41) is -1.31. The molecule has 0 saturated heterocycles. The molecule has 0 N–H and O–H groups in total. The highest BCUT2D eigenvalue weighted by Crippen LogP contribution is 2.38. The lowest BCUT2D eigenvalue weighted by molar-refractivity contribution is -0.138. The maximum absolute atomic E-state index is 12.8. The smallest absolute Gasteiger partial charge is 0.298 e. The van der Waals surface area contributed by atoms with Gasteiger partial charge in [0.15, 0.2) is 6.29 Å². The quantitative estimate of drug-likeness (QED) is 0.420. The molecule has 7 heteroatoms. The van der Waals surface area contributed by atoms with Gasteiger partial charge in [0.25, 0.3) is 0 Å². The molecule has 1 aromatic rings. The van der Waals surface area contributed by atoms with E-state index < -0.39 is 34.0 Å². The Bertz CT molecular complexity index is 412. The van der Waals surface area contributed by atoms with Gasteiger partial charge in [0.2, 0.25) is 0 Å². The van der Waals surface area contributed by atoms with Crippen LogP contribution in [0.3, 0.4) is 0 Å². The SMILES string of the molecule is O=Cc1c(F)cc(F)c(Cl)c1C(F)(F)F. The van der Waals surface area contributed by atoms with Crippen molar-refractivity contribution in [2.75, 3.05) is 0 Å². The maximum Gasteiger partial charge on any atom is 0.418 e. The zero-order valence-electron chi connectivity index (χ0n) is 6.83. The monoisotopic (exact) mass is 244 g/mol. The Morgan fingerprint density at radius 1 is 1.20 bits per heavy atom. The predicted octanol–water partition coefficient (Wildman–Crippen LogP) is 3.45. The standard InChI is InChI=1S/C8H2ClF5O/c9-7-5(11)1-4(10)3(2-15)6(7)8(12,13)14/h1-2H. The summed E-state index contributed by atoms with van der Waals surface area (Å²) in [5.74, 6) is -3.16. The average molecular weight is 245 g/mol. The average Bonchev–Trinajstić information content (AvgIpc) is 2.08. The van der Waals surface area contributed by atoms with Crippen LogP contribution in [0, 0.1) is 11.6 Å². The molecule has 0 spiro atoms. The molecule has 1 nitrogen and oxygen atoms in total. The summed E-state index contributed by atoms with van der Waals surface area (Å²) in [7, 11) is 0. The van der Waals surface area contributed by atoms with Crippen LogP contribution in [-0.2, 0) is 6.18 Å². The Balaban J connectivity index is 3.66. The van der Waals surface area contributed by atoms with Crippen LogP contribution in [0.4, 0.5) is 22.0 Å². The first kappa shape index (κ1) is 11.9. The van der Waals surface area contributed by atoms with Gasteiger partial charge in [-0.1, -0.05) is 11.6 Å². The van der Waals surface area contributed by atoms with Gasteiger partial charge < -0.3 is 0 Å². The first-order valence-corrected chi connectivity index (χ1v) is 3.86. The summed E-state index contributed by atoms with van der Waals surface area (Å²) in [4.78, 5) is 10.2. The van der Waals surface area contributed by atoms with Crippen molar-refractivity contribution in [2.45, 2.75) is 6.18 Å². The van der Waals surface area contributed by atoms with Gasteiger partial charge in [-0.05, 0) is 0 Å². The Labute approximate surface area is 85.5 Å². The van der Waals surface area contributed by atoms with Crippen molar-refractivity contribution in [3.63, 3.8) is 0 Å². The molecule has 0 saturated carbocycles. The Kier molecular flexibility index (Phi) is 2.99. The van der Waals surface area contributed by atoms with Gasteiger partial charge in [0, 0.05) is 6.07 Å². The number of halogens is 6. The number of benzene rings is 1. The van der Waals surface area contributed by atoms with Gasteiger partial charge in [-0.3, -0.25) is 4.79 Å². The zero-order valence-corrected chi connectivity index (χ0v) is 7.59. The van der Waals surface area contributed by atoms with Crippen molar-refractivity contribution in [2.24, 2.45) is 0 Å². The summed E-state index contributed by atoms with van der Waals surface area (Å²) in [6, 6.07) is 0.126. The molecule has 0 aliphatic rings. The van der Waals surface area contributed by atoms with E-state index in [0.717, 1.165) is 0 Å². The second-order valence-electron chi connectivity index (χ2n) is 2.56. The predicted molar refractivity (Wildman–Crippen MR) is 41.8 cm³/mol. The lowest BCUT2D eigenvalue weighted by atomic mass is 10.1. The molecule has 1 rings (SSSR count). The zero-order chi connectivity index (χ0) is 11.8. The van der Waals surface area contributed by atoms with Crippen LogP contribution in [0.2, 0.25) is 5.02 Å². The summed E-state index contributed by atoms with van der Waals surface area (Å²) in [5.41, 5.74) is -3.09. The first-order chi connectivity index (χ1) is 6.79. The van der Waals surface area contributed by atoms with Crippen LogP contribution in [0.1, 0.15) is 15.9 Å². The third-order valence-corrected chi connectivity index (χ3v) is 1.98. The highest BCUT2D eigenvalue weighted by molar-refractivity contribution is 6.32. The Morgan fingerprint density at radius 2 is 1.73 bits per heavy atom. The fourth-order valence-corrected chi connectivity index (χ4v) is 1.27. The van der Waals surface area contributed by atoms with E-state index in [2.05, 4.69) is 0 Å². The number of rotatable bonds is 1. The molecule has 82 valence electrons. The second kappa shape index (κ2) is 3.77. The summed E-state index contributed by atoms with van der Waals surface area (Å²) in [6.45, 7) is 0. The number of aldehydes is 1. The van der Waals surface area contributed by atoms with E-state index in [1.165, 1.54) is 0 Å². The van der Waals surface area contributed by atoms with Gasteiger partial charge in [-0.25, -0.2) is 8.78 Å². The van der Waals surface area contributed by atoms with Gasteiger partial charge in [-0.15, -0.1) is 0 Å². The van der Waals surface area contributed by atoms with E-state index in [1.807, 2.05) is 0 Å². The van der Waals surface area contributed by atoms with Gasteiger partial charge >= 0.3 is 6.18 Å². The molecule has 0 unspecified atom stereocenters. The normalized spacial score (nSPS) is 11.6. The number of hydrogen-bond acceptors (Lipinski definition) is 1. The number of hydrogen-bond donors (Lipinski definition) is 0. The minimum Gasteiger partial charge on any atom is -0.298 e. The van der Waals surface area contributed by atoms with Crippen molar-refractivity contribution in [1.82, 2.24) is 0 Å². The number of carbonyl (C=O) groups excluding carboxylic acids is 1. The second-order valence-corrected chi connectivity index (χ2v) is 2.94. The molecule has 0 atom stereocenters. The molecule has 0 fully saturated rings. The fraction of sp³-hybridized carbons (Fsp3) is 0.125. The highest BCUT2D eigenvalue weighted by atomic mass is 35.5. The Hall–Kier alpha value is -1.17. The summed E-state index contributed by atoms with van der Waals surface area (Å²) < 4.78 is 62.3. The van der Waals surface area contributed by atoms with Gasteiger partial charge in [0.05, 0.1) is 16.1 Å². The minimum atomic E-state index is -5.09. The van der Waals surface area contributed by atoms with Crippen LogP contribution in [-0.4, -0.2) is 6.29 Å².